The van der Waals surface area contributed by atoms with Crippen LogP contribution in [0.4, 0.5) is 14.5 Å². The average molecular weight is 233 g/mol. The van der Waals surface area contributed by atoms with Crippen molar-refractivity contribution in [2.24, 2.45) is 0 Å². The summed E-state index contributed by atoms with van der Waals surface area (Å²) in [7, 11) is 0. The van der Waals surface area contributed by atoms with Crippen molar-refractivity contribution in [3.05, 3.63) is 65.2 Å². The van der Waals surface area contributed by atoms with E-state index in [0.29, 0.717) is 17.8 Å². The molecule has 88 valence electrons. The van der Waals surface area contributed by atoms with Crippen molar-refractivity contribution in [2.45, 2.75) is 13.5 Å². The Morgan fingerprint density at radius 2 is 1.82 bits per heavy atom. The largest absolute Gasteiger partial charge is 0.379 e. The number of anilines is 1. The standard InChI is InChI=1S/C14H13F2N/c1-10-4-2-7-13(14(10)16)17-9-11-5-3-6-12(15)8-11/h2-8,17H,9H2,1H3. The summed E-state index contributed by atoms with van der Waals surface area (Å²) in [5, 5.41) is 2.96. The molecule has 0 heterocycles. The second-order valence-electron chi connectivity index (χ2n) is 3.92. The Bertz CT molecular complexity index is 523. The van der Waals surface area contributed by atoms with Crippen LogP contribution in [-0.2, 0) is 6.54 Å². The highest BCUT2D eigenvalue weighted by molar-refractivity contribution is 5.47. The molecule has 2 aromatic carbocycles. The maximum atomic E-state index is 13.6. The Morgan fingerprint density at radius 3 is 2.59 bits per heavy atom. The maximum Gasteiger partial charge on any atom is 0.149 e. The topological polar surface area (TPSA) is 12.0 Å². The molecule has 0 saturated heterocycles. The van der Waals surface area contributed by atoms with E-state index in [1.54, 1.807) is 37.3 Å². The first kappa shape index (κ1) is 11.6. The molecule has 0 aromatic heterocycles. The SMILES string of the molecule is Cc1cccc(NCc2cccc(F)c2)c1F. The highest BCUT2D eigenvalue weighted by Gasteiger charge is 2.04. The van der Waals surface area contributed by atoms with Crippen molar-refractivity contribution in [3.63, 3.8) is 0 Å². The second-order valence-corrected chi connectivity index (χ2v) is 3.92. The van der Waals surface area contributed by atoms with Crippen LogP contribution in [0.25, 0.3) is 0 Å². The number of nitrogens with one attached hydrogen (secondary N) is 1. The van der Waals surface area contributed by atoms with Crippen LogP contribution in [0.5, 0.6) is 0 Å². The van der Waals surface area contributed by atoms with E-state index in [1.165, 1.54) is 12.1 Å². The molecule has 0 aliphatic carbocycles. The first-order valence-corrected chi connectivity index (χ1v) is 5.40. The van der Waals surface area contributed by atoms with Crippen molar-refractivity contribution in [3.8, 4) is 0 Å². The molecular formula is C14H13F2N. The van der Waals surface area contributed by atoms with E-state index in [4.69, 9.17) is 0 Å². The van der Waals surface area contributed by atoms with Gasteiger partial charge in [-0.05, 0) is 36.2 Å². The third-order valence-electron chi connectivity index (χ3n) is 2.56. The fourth-order valence-electron chi connectivity index (χ4n) is 1.63. The van der Waals surface area contributed by atoms with Crippen LogP contribution < -0.4 is 5.32 Å². The number of halogens is 2. The van der Waals surface area contributed by atoms with Gasteiger partial charge in [0.15, 0.2) is 0 Å². The smallest absolute Gasteiger partial charge is 0.149 e. The molecule has 0 unspecified atom stereocenters. The Hall–Kier alpha value is -1.90. The van der Waals surface area contributed by atoms with Crippen LogP contribution >= 0.6 is 0 Å². The molecule has 0 amide bonds. The zero-order valence-corrected chi connectivity index (χ0v) is 9.50. The van der Waals surface area contributed by atoms with Crippen LogP contribution in [0.2, 0.25) is 0 Å². The van der Waals surface area contributed by atoms with Gasteiger partial charge in [-0.15, -0.1) is 0 Å². The molecule has 0 aliphatic heterocycles. The van der Waals surface area contributed by atoms with E-state index in [1.807, 2.05) is 0 Å². The van der Waals surface area contributed by atoms with Crippen LogP contribution in [0.1, 0.15) is 11.1 Å². The summed E-state index contributed by atoms with van der Waals surface area (Å²) in [6.07, 6.45) is 0. The normalized spacial score (nSPS) is 10.3. The number of aryl methyl sites for hydroxylation is 1. The molecule has 2 aromatic rings. The lowest BCUT2D eigenvalue weighted by atomic mass is 10.2. The van der Waals surface area contributed by atoms with Gasteiger partial charge in [-0.2, -0.15) is 0 Å². The lowest BCUT2D eigenvalue weighted by Gasteiger charge is -2.09. The molecule has 0 spiro atoms. The van der Waals surface area contributed by atoms with E-state index in [-0.39, 0.29) is 11.6 Å². The molecule has 0 radical (unpaired) electrons. The van der Waals surface area contributed by atoms with Crippen LogP contribution in [-0.4, -0.2) is 0 Å². The number of hydrogen-bond acceptors (Lipinski definition) is 1. The third-order valence-corrected chi connectivity index (χ3v) is 2.56. The fourth-order valence-corrected chi connectivity index (χ4v) is 1.63. The van der Waals surface area contributed by atoms with Crippen LogP contribution in [0.3, 0.4) is 0 Å². The first-order chi connectivity index (χ1) is 8.16. The zero-order chi connectivity index (χ0) is 12.3. The van der Waals surface area contributed by atoms with E-state index in [0.717, 1.165) is 5.56 Å². The van der Waals surface area contributed by atoms with E-state index in [2.05, 4.69) is 5.32 Å². The Labute approximate surface area is 99.1 Å². The Kier molecular flexibility index (Phi) is 3.38. The van der Waals surface area contributed by atoms with Gasteiger partial charge in [0.25, 0.3) is 0 Å². The number of rotatable bonds is 3. The molecule has 1 nitrogen and oxygen atoms in total. The lowest BCUT2D eigenvalue weighted by molar-refractivity contribution is 0.620. The van der Waals surface area contributed by atoms with Gasteiger partial charge in [-0.1, -0.05) is 24.3 Å². The minimum absolute atomic E-state index is 0.260. The molecule has 2 rings (SSSR count). The molecule has 0 fully saturated rings. The first-order valence-electron chi connectivity index (χ1n) is 5.40. The van der Waals surface area contributed by atoms with Gasteiger partial charge < -0.3 is 5.32 Å². The van der Waals surface area contributed by atoms with Crippen molar-refractivity contribution < 1.29 is 8.78 Å². The highest BCUT2D eigenvalue weighted by Crippen LogP contribution is 2.18. The zero-order valence-electron chi connectivity index (χ0n) is 9.50. The van der Waals surface area contributed by atoms with Gasteiger partial charge in [-0.25, -0.2) is 8.78 Å². The predicted molar refractivity (Wildman–Crippen MR) is 64.9 cm³/mol. The van der Waals surface area contributed by atoms with Gasteiger partial charge in [0.1, 0.15) is 11.6 Å². The molecule has 0 bridgehead atoms. The summed E-state index contributed by atoms with van der Waals surface area (Å²) in [6.45, 7) is 2.11. The summed E-state index contributed by atoms with van der Waals surface area (Å²) in [5.74, 6) is -0.544. The highest BCUT2D eigenvalue weighted by atomic mass is 19.1. The van der Waals surface area contributed by atoms with E-state index < -0.39 is 0 Å². The summed E-state index contributed by atoms with van der Waals surface area (Å²) in [4.78, 5) is 0. The van der Waals surface area contributed by atoms with Crippen molar-refractivity contribution in [1.29, 1.82) is 0 Å². The Balaban J connectivity index is 2.10. The van der Waals surface area contributed by atoms with Gasteiger partial charge in [0, 0.05) is 6.54 Å². The van der Waals surface area contributed by atoms with Crippen molar-refractivity contribution in [2.75, 3.05) is 5.32 Å². The average Bonchev–Trinajstić information content (AvgIpc) is 2.31. The molecule has 0 saturated carbocycles. The van der Waals surface area contributed by atoms with E-state index in [9.17, 15) is 8.78 Å². The Morgan fingerprint density at radius 1 is 1.06 bits per heavy atom. The molecule has 1 N–H and O–H groups in total. The minimum atomic E-state index is -0.283. The second kappa shape index (κ2) is 4.95. The fraction of sp³-hybridized carbons (Fsp3) is 0.143. The quantitative estimate of drug-likeness (QED) is 0.848. The summed E-state index contributed by atoms with van der Waals surface area (Å²) < 4.78 is 26.6. The molecule has 0 aliphatic rings. The van der Waals surface area contributed by atoms with Gasteiger partial charge in [-0.3, -0.25) is 0 Å². The van der Waals surface area contributed by atoms with E-state index >= 15 is 0 Å². The number of benzene rings is 2. The number of hydrogen-bond donors (Lipinski definition) is 1. The lowest BCUT2D eigenvalue weighted by Crippen LogP contribution is -2.02. The summed E-state index contributed by atoms with van der Waals surface area (Å²) >= 11 is 0. The van der Waals surface area contributed by atoms with Gasteiger partial charge >= 0.3 is 0 Å². The van der Waals surface area contributed by atoms with Crippen molar-refractivity contribution >= 4 is 5.69 Å². The summed E-state index contributed by atoms with van der Waals surface area (Å²) in [5.41, 5.74) is 1.81. The molecular weight excluding hydrogens is 220 g/mol. The van der Waals surface area contributed by atoms with Crippen LogP contribution in [0, 0.1) is 18.6 Å². The summed E-state index contributed by atoms with van der Waals surface area (Å²) in [6, 6.07) is 11.4. The third kappa shape index (κ3) is 2.81. The van der Waals surface area contributed by atoms with Crippen LogP contribution in [0.15, 0.2) is 42.5 Å². The predicted octanol–water partition coefficient (Wildman–Crippen LogP) is 3.89. The van der Waals surface area contributed by atoms with Gasteiger partial charge in [0.2, 0.25) is 0 Å². The minimum Gasteiger partial charge on any atom is -0.379 e. The molecule has 0 atom stereocenters. The van der Waals surface area contributed by atoms with Crippen molar-refractivity contribution in [1.82, 2.24) is 0 Å². The monoisotopic (exact) mass is 233 g/mol. The molecule has 3 heteroatoms. The van der Waals surface area contributed by atoms with Gasteiger partial charge in [0.05, 0.1) is 5.69 Å². The maximum absolute atomic E-state index is 13.6. The molecule has 17 heavy (non-hydrogen) atoms.